The molecule has 0 aliphatic carbocycles. The highest BCUT2D eigenvalue weighted by molar-refractivity contribution is 6.31. The SMILES string of the molecule is C[C@H]1CCCN(Cc2ccccc2Cl)C1. The number of hydrogen-bond donors (Lipinski definition) is 0. The lowest BCUT2D eigenvalue weighted by Gasteiger charge is -2.31. The van der Waals surface area contributed by atoms with E-state index in [1.807, 2.05) is 12.1 Å². The predicted molar refractivity (Wildman–Crippen MR) is 65.1 cm³/mol. The summed E-state index contributed by atoms with van der Waals surface area (Å²) in [6.07, 6.45) is 2.70. The number of benzene rings is 1. The van der Waals surface area contributed by atoms with Gasteiger partial charge < -0.3 is 0 Å². The molecule has 0 unspecified atom stereocenters. The standard InChI is InChI=1S/C13H18ClN/c1-11-5-4-8-15(9-11)10-12-6-2-3-7-13(12)14/h2-3,6-7,11H,4-5,8-10H2,1H3/t11-/m0/s1. The van der Waals surface area contributed by atoms with Crippen LogP contribution in [0.25, 0.3) is 0 Å². The van der Waals surface area contributed by atoms with Crippen molar-refractivity contribution in [2.75, 3.05) is 13.1 Å². The van der Waals surface area contributed by atoms with Crippen LogP contribution >= 0.6 is 11.6 Å². The summed E-state index contributed by atoms with van der Waals surface area (Å²) in [6.45, 7) is 5.77. The van der Waals surface area contributed by atoms with Crippen molar-refractivity contribution in [1.82, 2.24) is 4.90 Å². The van der Waals surface area contributed by atoms with Crippen molar-refractivity contribution >= 4 is 11.6 Å². The first-order valence-corrected chi connectivity index (χ1v) is 6.09. The van der Waals surface area contributed by atoms with Crippen LogP contribution in [0.15, 0.2) is 24.3 Å². The molecule has 0 radical (unpaired) electrons. The fourth-order valence-corrected chi connectivity index (χ4v) is 2.49. The highest BCUT2D eigenvalue weighted by Gasteiger charge is 2.16. The molecule has 82 valence electrons. The predicted octanol–water partition coefficient (Wildman–Crippen LogP) is 3.57. The molecule has 1 atom stereocenters. The van der Waals surface area contributed by atoms with Crippen molar-refractivity contribution in [2.45, 2.75) is 26.3 Å². The molecule has 0 amide bonds. The van der Waals surface area contributed by atoms with Gasteiger partial charge >= 0.3 is 0 Å². The van der Waals surface area contributed by atoms with Crippen LogP contribution < -0.4 is 0 Å². The molecule has 1 saturated heterocycles. The summed E-state index contributed by atoms with van der Waals surface area (Å²) in [5.41, 5.74) is 1.26. The highest BCUT2D eigenvalue weighted by Crippen LogP contribution is 2.21. The Morgan fingerprint density at radius 1 is 1.40 bits per heavy atom. The fourth-order valence-electron chi connectivity index (χ4n) is 2.30. The second kappa shape index (κ2) is 5.00. The minimum absolute atomic E-state index is 0.834. The van der Waals surface area contributed by atoms with Crippen molar-refractivity contribution in [3.8, 4) is 0 Å². The quantitative estimate of drug-likeness (QED) is 0.741. The maximum atomic E-state index is 6.15. The van der Waals surface area contributed by atoms with Crippen molar-refractivity contribution in [2.24, 2.45) is 5.92 Å². The first-order chi connectivity index (χ1) is 7.25. The lowest BCUT2D eigenvalue weighted by Crippen LogP contribution is -2.33. The third-order valence-electron chi connectivity index (χ3n) is 3.09. The monoisotopic (exact) mass is 223 g/mol. The van der Waals surface area contributed by atoms with Gasteiger partial charge in [0.05, 0.1) is 0 Å². The molecule has 15 heavy (non-hydrogen) atoms. The van der Waals surface area contributed by atoms with E-state index in [1.165, 1.54) is 31.5 Å². The van der Waals surface area contributed by atoms with Gasteiger partial charge in [0.15, 0.2) is 0 Å². The zero-order chi connectivity index (χ0) is 10.7. The first kappa shape index (κ1) is 11.0. The second-order valence-electron chi connectivity index (χ2n) is 4.57. The Bertz CT molecular complexity index is 324. The van der Waals surface area contributed by atoms with E-state index in [9.17, 15) is 0 Å². The molecule has 1 fully saturated rings. The van der Waals surface area contributed by atoms with Gasteiger partial charge in [-0.1, -0.05) is 36.7 Å². The number of rotatable bonds is 2. The molecular weight excluding hydrogens is 206 g/mol. The smallest absolute Gasteiger partial charge is 0.0451 e. The summed E-state index contributed by atoms with van der Waals surface area (Å²) in [5, 5.41) is 0.899. The molecule has 2 rings (SSSR count). The van der Waals surface area contributed by atoms with Crippen LogP contribution in [0.3, 0.4) is 0 Å². The van der Waals surface area contributed by atoms with Crippen molar-refractivity contribution in [1.29, 1.82) is 0 Å². The number of hydrogen-bond acceptors (Lipinski definition) is 1. The van der Waals surface area contributed by atoms with E-state index < -0.39 is 0 Å². The van der Waals surface area contributed by atoms with Crippen LogP contribution in [0.5, 0.6) is 0 Å². The highest BCUT2D eigenvalue weighted by atomic mass is 35.5. The molecule has 1 nitrogen and oxygen atoms in total. The molecule has 0 spiro atoms. The Hall–Kier alpha value is -0.530. The molecular formula is C13H18ClN. The average molecular weight is 224 g/mol. The van der Waals surface area contributed by atoms with Crippen LogP contribution in [-0.2, 0) is 6.54 Å². The Morgan fingerprint density at radius 3 is 2.93 bits per heavy atom. The Morgan fingerprint density at radius 2 is 2.20 bits per heavy atom. The first-order valence-electron chi connectivity index (χ1n) is 5.71. The maximum absolute atomic E-state index is 6.15. The molecule has 0 aromatic heterocycles. The van der Waals surface area contributed by atoms with Crippen LogP contribution in [0.2, 0.25) is 5.02 Å². The Labute approximate surface area is 97.0 Å². The minimum Gasteiger partial charge on any atom is -0.299 e. The molecule has 1 aliphatic heterocycles. The van der Waals surface area contributed by atoms with E-state index in [0.29, 0.717) is 0 Å². The molecule has 1 aromatic rings. The number of likely N-dealkylation sites (tertiary alicyclic amines) is 1. The molecule has 2 heteroatoms. The van der Waals surface area contributed by atoms with Gasteiger partial charge in [0.2, 0.25) is 0 Å². The van der Waals surface area contributed by atoms with E-state index in [0.717, 1.165) is 17.5 Å². The average Bonchev–Trinajstić information content (AvgIpc) is 2.22. The lowest BCUT2D eigenvalue weighted by atomic mass is 10.00. The lowest BCUT2D eigenvalue weighted by molar-refractivity contribution is 0.176. The van der Waals surface area contributed by atoms with Crippen LogP contribution in [0.1, 0.15) is 25.3 Å². The van der Waals surface area contributed by atoms with Gasteiger partial charge in [-0.25, -0.2) is 0 Å². The summed E-state index contributed by atoms with van der Waals surface area (Å²) in [4.78, 5) is 2.51. The van der Waals surface area contributed by atoms with Gasteiger partial charge in [0.25, 0.3) is 0 Å². The van der Waals surface area contributed by atoms with Gasteiger partial charge in [0.1, 0.15) is 0 Å². The van der Waals surface area contributed by atoms with E-state index in [-0.39, 0.29) is 0 Å². The third kappa shape index (κ3) is 2.96. The van der Waals surface area contributed by atoms with Gasteiger partial charge in [-0.05, 0) is 36.9 Å². The van der Waals surface area contributed by atoms with E-state index in [1.54, 1.807) is 0 Å². The molecule has 0 bridgehead atoms. The van der Waals surface area contributed by atoms with Crippen molar-refractivity contribution in [3.63, 3.8) is 0 Å². The van der Waals surface area contributed by atoms with E-state index in [4.69, 9.17) is 11.6 Å². The summed E-state index contributed by atoms with van der Waals surface area (Å²) in [7, 11) is 0. The topological polar surface area (TPSA) is 3.24 Å². The third-order valence-corrected chi connectivity index (χ3v) is 3.46. The molecule has 1 aliphatic rings. The zero-order valence-electron chi connectivity index (χ0n) is 9.25. The van der Waals surface area contributed by atoms with Gasteiger partial charge in [-0.3, -0.25) is 4.90 Å². The summed E-state index contributed by atoms with van der Waals surface area (Å²) < 4.78 is 0. The Balaban J connectivity index is 1.99. The molecule has 0 saturated carbocycles. The maximum Gasteiger partial charge on any atom is 0.0451 e. The number of piperidine rings is 1. The normalized spacial score (nSPS) is 22.9. The number of halogens is 1. The van der Waals surface area contributed by atoms with Gasteiger partial charge in [-0.2, -0.15) is 0 Å². The minimum atomic E-state index is 0.834. The summed E-state index contributed by atoms with van der Waals surface area (Å²) in [5.74, 6) is 0.834. The molecule has 1 aromatic carbocycles. The Kier molecular flexibility index (Phi) is 3.66. The summed E-state index contributed by atoms with van der Waals surface area (Å²) in [6, 6.07) is 8.16. The number of nitrogens with zero attached hydrogens (tertiary/aromatic N) is 1. The van der Waals surface area contributed by atoms with E-state index in [2.05, 4.69) is 24.0 Å². The summed E-state index contributed by atoms with van der Waals surface area (Å²) >= 11 is 6.15. The van der Waals surface area contributed by atoms with Gasteiger partial charge in [0, 0.05) is 18.1 Å². The fraction of sp³-hybridized carbons (Fsp3) is 0.538. The molecule has 1 heterocycles. The molecule has 0 N–H and O–H groups in total. The van der Waals surface area contributed by atoms with Crippen molar-refractivity contribution < 1.29 is 0 Å². The van der Waals surface area contributed by atoms with E-state index >= 15 is 0 Å². The van der Waals surface area contributed by atoms with Crippen LogP contribution in [-0.4, -0.2) is 18.0 Å². The van der Waals surface area contributed by atoms with Crippen LogP contribution in [0, 0.1) is 5.92 Å². The largest absolute Gasteiger partial charge is 0.299 e. The van der Waals surface area contributed by atoms with Crippen molar-refractivity contribution in [3.05, 3.63) is 34.9 Å². The van der Waals surface area contributed by atoms with Crippen LogP contribution in [0.4, 0.5) is 0 Å². The van der Waals surface area contributed by atoms with Gasteiger partial charge in [-0.15, -0.1) is 0 Å². The second-order valence-corrected chi connectivity index (χ2v) is 4.98. The zero-order valence-corrected chi connectivity index (χ0v) is 10.0.